The number of nitrogens with one attached hydrogen (secondary N) is 1. The van der Waals surface area contributed by atoms with Crippen molar-refractivity contribution in [2.75, 3.05) is 20.3 Å². The van der Waals surface area contributed by atoms with Gasteiger partial charge < -0.3 is 24.6 Å². The standard InChI is InChI=1S/C15H25NO7/c1-15(2,3)23-14(20)16-11(13(19)21-4)7-8-12(18)22-10-6-5-9-17/h5-6,11,17H,7-10H2,1-4H3,(H,16,20)/b6-5+/t11-/m0/s1. The van der Waals surface area contributed by atoms with Crippen LogP contribution in [0.15, 0.2) is 12.2 Å². The highest BCUT2D eigenvalue weighted by Crippen LogP contribution is 2.08. The third-order valence-corrected chi connectivity index (χ3v) is 2.43. The van der Waals surface area contributed by atoms with Gasteiger partial charge in [-0.05, 0) is 33.3 Å². The Labute approximate surface area is 135 Å². The van der Waals surface area contributed by atoms with E-state index in [0.717, 1.165) is 0 Å². The lowest BCUT2D eigenvalue weighted by molar-refractivity contribution is -0.145. The second-order valence-corrected chi connectivity index (χ2v) is 5.60. The normalized spacial score (nSPS) is 12.6. The Hall–Kier alpha value is -2.09. The summed E-state index contributed by atoms with van der Waals surface area (Å²) in [4.78, 5) is 34.9. The van der Waals surface area contributed by atoms with Crippen LogP contribution in [0, 0.1) is 0 Å². The Bertz CT molecular complexity index is 426. The largest absolute Gasteiger partial charge is 0.467 e. The van der Waals surface area contributed by atoms with Crippen LogP contribution in [0.1, 0.15) is 33.6 Å². The van der Waals surface area contributed by atoms with Gasteiger partial charge in [0.1, 0.15) is 18.2 Å². The predicted octanol–water partition coefficient (Wildman–Crippen LogP) is 0.925. The van der Waals surface area contributed by atoms with E-state index < -0.39 is 29.7 Å². The monoisotopic (exact) mass is 331 g/mol. The summed E-state index contributed by atoms with van der Waals surface area (Å²) in [5.74, 6) is -1.21. The minimum Gasteiger partial charge on any atom is -0.467 e. The molecule has 0 aromatic rings. The molecule has 132 valence electrons. The maximum Gasteiger partial charge on any atom is 0.408 e. The lowest BCUT2D eigenvalue weighted by Gasteiger charge is -2.22. The summed E-state index contributed by atoms with van der Waals surface area (Å²) >= 11 is 0. The Morgan fingerprint density at radius 2 is 1.87 bits per heavy atom. The quantitative estimate of drug-likeness (QED) is 0.386. The molecule has 2 N–H and O–H groups in total. The van der Waals surface area contributed by atoms with Crippen LogP contribution in [-0.2, 0) is 23.8 Å². The van der Waals surface area contributed by atoms with Crippen molar-refractivity contribution in [1.82, 2.24) is 5.32 Å². The summed E-state index contributed by atoms with van der Waals surface area (Å²) in [5.41, 5.74) is -0.706. The molecule has 0 spiro atoms. The zero-order valence-electron chi connectivity index (χ0n) is 14.0. The van der Waals surface area contributed by atoms with E-state index in [0.29, 0.717) is 0 Å². The van der Waals surface area contributed by atoms with Crippen LogP contribution in [-0.4, -0.2) is 55.1 Å². The molecule has 23 heavy (non-hydrogen) atoms. The highest BCUT2D eigenvalue weighted by Gasteiger charge is 2.25. The predicted molar refractivity (Wildman–Crippen MR) is 81.6 cm³/mol. The number of alkyl carbamates (subject to hydrolysis) is 1. The van der Waals surface area contributed by atoms with E-state index >= 15 is 0 Å². The van der Waals surface area contributed by atoms with Gasteiger partial charge in [0.25, 0.3) is 0 Å². The molecule has 0 saturated carbocycles. The fraction of sp³-hybridized carbons (Fsp3) is 0.667. The van der Waals surface area contributed by atoms with E-state index in [2.05, 4.69) is 10.1 Å². The molecule has 8 heteroatoms. The maximum absolute atomic E-state index is 11.7. The fourth-order valence-corrected chi connectivity index (χ4v) is 1.46. The molecule has 0 aromatic heterocycles. The number of hydrogen-bond donors (Lipinski definition) is 2. The molecule has 0 rings (SSSR count). The van der Waals surface area contributed by atoms with E-state index in [9.17, 15) is 14.4 Å². The molecule has 8 nitrogen and oxygen atoms in total. The maximum atomic E-state index is 11.7. The Kier molecular flexibility index (Phi) is 9.64. The van der Waals surface area contributed by atoms with Crippen LogP contribution in [0.4, 0.5) is 4.79 Å². The number of carbonyl (C=O) groups is 3. The van der Waals surface area contributed by atoms with Crippen molar-refractivity contribution in [3.63, 3.8) is 0 Å². The molecule has 0 aromatic carbocycles. The van der Waals surface area contributed by atoms with E-state index in [-0.39, 0.29) is 26.1 Å². The van der Waals surface area contributed by atoms with Gasteiger partial charge in [-0.2, -0.15) is 0 Å². The van der Waals surface area contributed by atoms with Crippen molar-refractivity contribution in [3.8, 4) is 0 Å². The minimum absolute atomic E-state index is 0.0223. The summed E-state index contributed by atoms with van der Waals surface area (Å²) in [6.45, 7) is 4.97. The third kappa shape index (κ3) is 11.2. The summed E-state index contributed by atoms with van der Waals surface area (Å²) in [6, 6.07) is -1.00. The van der Waals surface area contributed by atoms with Crippen LogP contribution in [0.3, 0.4) is 0 Å². The average molecular weight is 331 g/mol. The average Bonchev–Trinajstić information content (AvgIpc) is 2.45. The van der Waals surface area contributed by atoms with E-state index in [1.807, 2.05) is 0 Å². The van der Waals surface area contributed by atoms with Crippen molar-refractivity contribution in [3.05, 3.63) is 12.2 Å². The molecule has 1 atom stereocenters. The van der Waals surface area contributed by atoms with Gasteiger partial charge in [0.05, 0.1) is 13.7 Å². The first-order chi connectivity index (χ1) is 10.7. The second-order valence-electron chi connectivity index (χ2n) is 5.60. The number of hydrogen-bond acceptors (Lipinski definition) is 7. The van der Waals surface area contributed by atoms with Crippen LogP contribution >= 0.6 is 0 Å². The zero-order chi connectivity index (χ0) is 17.9. The van der Waals surface area contributed by atoms with Gasteiger partial charge >= 0.3 is 18.0 Å². The molecule has 0 bridgehead atoms. The van der Waals surface area contributed by atoms with Gasteiger partial charge in [-0.15, -0.1) is 0 Å². The molecular weight excluding hydrogens is 306 g/mol. The highest BCUT2D eigenvalue weighted by atomic mass is 16.6. The summed E-state index contributed by atoms with van der Waals surface area (Å²) < 4.78 is 14.5. The van der Waals surface area contributed by atoms with Crippen LogP contribution < -0.4 is 5.32 Å². The summed E-state index contributed by atoms with van der Waals surface area (Å²) in [5, 5.41) is 10.9. The molecule has 0 aliphatic heterocycles. The summed E-state index contributed by atoms with van der Waals surface area (Å²) in [7, 11) is 1.18. The zero-order valence-corrected chi connectivity index (χ0v) is 14.0. The van der Waals surface area contributed by atoms with Crippen LogP contribution in [0.2, 0.25) is 0 Å². The highest BCUT2D eigenvalue weighted by molar-refractivity contribution is 5.82. The topological polar surface area (TPSA) is 111 Å². The molecule has 0 saturated heterocycles. The van der Waals surface area contributed by atoms with E-state index in [4.69, 9.17) is 14.6 Å². The third-order valence-electron chi connectivity index (χ3n) is 2.43. The first-order valence-corrected chi connectivity index (χ1v) is 7.18. The molecule has 0 aliphatic rings. The molecule has 0 radical (unpaired) electrons. The molecular formula is C15H25NO7. The number of ether oxygens (including phenoxy) is 3. The minimum atomic E-state index is -1.00. The smallest absolute Gasteiger partial charge is 0.408 e. The molecule has 0 heterocycles. The Morgan fingerprint density at radius 1 is 1.22 bits per heavy atom. The fourth-order valence-electron chi connectivity index (χ4n) is 1.46. The number of amides is 1. The van der Waals surface area contributed by atoms with Crippen molar-refractivity contribution in [2.45, 2.75) is 45.3 Å². The SMILES string of the molecule is COC(=O)[C@H](CCC(=O)OC/C=C/CO)NC(=O)OC(C)(C)C. The number of aliphatic hydroxyl groups excluding tert-OH is 1. The van der Waals surface area contributed by atoms with Crippen LogP contribution in [0.5, 0.6) is 0 Å². The summed E-state index contributed by atoms with van der Waals surface area (Å²) in [6.07, 6.45) is 2.10. The van der Waals surface area contributed by atoms with Crippen molar-refractivity contribution in [1.29, 1.82) is 0 Å². The number of carbonyl (C=O) groups excluding carboxylic acids is 3. The van der Waals surface area contributed by atoms with Crippen molar-refractivity contribution in [2.24, 2.45) is 0 Å². The van der Waals surface area contributed by atoms with Crippen LogP contribution in [0.25, 0.3) is 0 Å². The first-order valence-electron chi connectivity index (χ1n) is 7.18. The van der Waals surface area contributed by atoms with Gasteiger partial charge in [0.2, 0.25) is 0 Å². The lowest BCUT2D eigenvalue weighted by atomic mass is 10.1. The molecule has 0 fully saturated rings. The van der Waals surface area contributed by atoms with Gasteiger partial charge in [-0.1, -0.05) is 6.08 Å². The van der Waals surface area contributed by atoms with E-state index in [1.54, 1.807) is 20.8 Å². The molecule has 1 amide bonds. The van der Waals surface area contributed by atoms with Gasteiger partial charge in [0.15, 0.2) is 0 Å². The molecule has 0 unspecified atom stereocenters. The number of aliphatic hydroxyl groups is 1. The number of rotatable bonds is 8. The van der Waals surface area contributed by atoms with Crippen molar-refractivity contribution < 1.29 is 33.7 Å². The van der Waals surface area contributed by atoms with E-state index in [1.165, 1.54) is 19.3 Å². The first kappa shape index (κ1) is 20.9. The number of methoxy groups -OCH3 is 1. The number of esters is 2. The molecule has 0 aliphatic carbocycles. The Balaban J connectivity index is 4.40. The Morgan fingerprint density at radius 3 is 2.39 bits per heavy atom. The van der Waals surface area contributed by atoms with Gasteiger partial charge in [-0.3, -0.25) is 4.79 Å². The van der Waals surface area contributed by atoms with Crippen molar-refractivity contribution >= 4 is 18.0 Å². The lowest BCUT2D eigenvalue weighted by Crippen LogP contribution is -2.44. The van der Waals surface area contributed by atoms with Gasteiger partial charge in [0, 0.05) is 6.42 Å². The second kappa shape index (κ2) is 10.6. The van der Waals surface area contributed by atoms with Gasteiger partial charge in [-0.25, -0.2) is 9.59 Å².